The molecule has 0 saturated heterocycles. The van der Waals surface area contributed by atoms with Crippen molar-refractivity contribution in [3.63, 3.8) is 0 Å². The zero-order valence-electron chi connectivity index (χ0n) is 6.56. The minimum atomic E-state index is 0.138. The first-order valence-electron chi connectivity index (χ1n) is 3.75. The van der Waals surface area contributed by atoms with Crippen LogP contribution in [0.25, 0.3) is 0 Å². The van der Waals surface area contributed by atoms with Gasteiger partial charge >= 0.3 is 0 Å². The van der Waals surface area contributed by atoms with Crippen LogP contribution in [0.4, 0.5) is 0 Å². The summed E-state index contributed by atoms with van der Waals surface area (Å²) in [5.74, 6) is 0.817. The van der Waals surface area contributed by atoms with Crippen molar-refractivity contribution in [3.8, 4) is 0 Å². The predicted molar refractivity (Wildman–Crippen MR) is 42.0 cm³/mol. The molecule has 0 aromatic rings. The van der Waals surface area contributed by atoms with E-state index in [1.54, 1.807) is 0 Å². The van der Waals surface area contributed by atoms with E-state index in [-0.39, 0.29) is 6.04 Å². The fourth-order valence-electron chi connectivity index (χ4n) is 0.703. The van der Waals surface area contributed by atoms with Crippen LogP contribution in [-0.2, 0) is 0 Å². The van der Waals surface area contributed by atoms with E-state index < -0.39 is 0 Å². The summed E-state index contributed by atoms with van der Waals surface area (Å²) >= 11 is 0. The summed E-state index contributed by atoms with van der Waals surface area (Å²) in [6.45, 7) is 8.18. The second kappa shape index (κ2) is 4.80. The molecule has 2 atom stereocenters. The first-order valence-corrected chi connectivity index (χ1v) is 3.75. The largest absolute Gasteiger partial charge is 0.328 e. The Kier molecular flexibility index (Phi) is 4.78. The van der Waals surface area contributed by atoms with Crippen LogP contribution in [0, 0.1) is 12.8 Å². The predicted octanol–water partition coefficient (Wildman–Crippen LogP) is 1.97. The molecular formula is C8H18N. The summed E-state index contributed by atoms with van der Waals surface area (Å²) in [5, 5.41) is 0. The molecule has 0 aliphatic heterocycles. The van der Waals surface area contributed by atoms with Crippen molar-refractivity contribution in [3.05, 3.63) is 6.92 Å². The van der Waals surface area contributed by atoms with Crippen LogP contribution >= 0.6 is 0 Å². The molecule has 0 spiro atoms. The first-order chi connectivity index (χ1) is 4.16. The highest BCUT2D eigenvalue weighted by Gasteiger charge is 1.99. The first kappa shape index (κ1) is 8.96. The molecule has 0 bridgehead atoms. The second-order valence-electron chi connectivity index (χ2n) is 2.85. The molecular weight excluding hydrogens is 110 g/mol. The lowest BCUT2D eigenvalue weighted by Crippen LogP contribution is -2.15. The van der Waals surface area contributed by atoms with Gasteiger partial charge in [-0.1, -0.05) is 20.3 Å². The molecule has 0 saturated carbocycles. The van der Waals surface area contributed by atoms with Crippen molar-refractivity contribution >= 4 is 0 Å². The van der Waals surface area contributed by atoms with E-state index in [1.807, 2.05) is 0 Å². The molecule has 0 amide bonds. The van der Waals surface area contributed by atoms with Crippen molar-refractivity contribution in [2.75, 3.05) is 0 Å². The van der Waals surface area contributed by atoms with Gasteiger partial charge in [-0.3, -0.25) is 0 Å². The van der Waals surface area contributed by atoms with E-state index in [0.29, 0.717) is 0 Å². The van der Waals surface area contributed by atoms with Gasteiger partial charge in [-0.05, 0) is 25.7 Å². The Labute approximate surface area is 58.6 Å². The van der Waals surface area contributed by atoms with E-state index >= 15 is 0 Å². The molecule has 0 heterocycles. The maximum absolute atomic E-state index is 5.48. The van der Waals surface area contributed by atoms with Gasteiger partial charge in [0.1, 0.15) is 0 Å². The Hall–Kier alpha value is -0.0400. The quantitative estimate of drug-likeness (QED) is 0.615. The Bertz CT molecular complexity index is 59.6. The zero-order chi connectivity index (χ0) is 7.28. The molecule has 0 fully saturated rings. The van der Waals surface area contributed by atoms with E-state index in [4.69, 9.17) is 5.73 Å². The van der Waals surface area contributed by atoms with Gasteiger partial charge in [0.2, 0.25) is 0 Å². The van der Waals surface area contributed by atoms with Crippen LogP contribution in [0.15, 0.2) is 0 Å². The van der Waals surface area contributed by atoms with Gasteiger partial charge in [0.25, 0.3) is 0 Å². The zero-order valence-corrected chi connectivity index (χ0v) is 6.56. The van der Waals surface area contributed by atoms with Gasteiger partial charge in [-0.2, -0.15) is 0 Å². The van der Waals surface area contributed by atoms with Crippen LogP contribution in [0.3, 0.4) is 0 Å². The maximum Gasteiger partial charge on any atom is 0.00395 e. The van der Waals surface area contributed by atoms with E-state index in [2.05, 4.69) is 20.8 Å². The van der Waals surface area contributed by atoms with Crippen LogP contribution in [0.2, 0.25) is 0 Å². The lowest BCUT2D eigenvalue weighted by Gasteiger charge is -2.09. The Morgan fingerprint density at radius 3 is 2.33 bits per heavy atom. The smallest absolute Gasteiger partial charge is 0.00395 e. The number of nitrogens with two attached hydrogens (primary N) is 1. The molecule has 1 radical (unpaired) electrons. The van der Waals surface area contributed by atoms with Crippen molar-refractivity contribution < 1.29 is 0 Å². The van der Waals surface area contributed by atoms with Crippen LogP contribution < -0.4 is 5.73 Å². The maximum atomic E-state index is 5.48. The third-order valence-corrected chi connectivity index (χ3v) is 1.73. The monoisotopic (exact) mass is 128 g/mol. The standard InChI is InChI=1S/C8H18N/c1-4-7(2)5-6-8(3)9/h7-8H,3-6,9H2,1-2H3. The van der Waals surface area contributed by atoms with Gasteiger partial charge in [0, 0.05) is 6.04 Å². The Balaban J connectivity index is 3.06. The van der Waals surface area contributed by atoms with Crippen LogP contribution in [0.5, 0.6) is 0 Å². The second-order valence-corrected chi connectivity index (χ2v) is 2.85. The van der Waals surface area contributed by atoms with E-state index in [1.165, 1.54) is 12.8 Å². The molecule has 55 valence electrons. The molecule has 1 nitrogen and oxygen atoms in total. The number of hydrogen-bond donors (Lipinski definition) is 1. The summed E-state index contributed by atoms with van der Waals surface area (Å²) in [5.41, 5.74) is 5.48. The van der Waals surface area contributed by atoms with Gasteiger partial charge in [-0.25, -0.2) is 0 Å². The summed E-state index contributed by atoms with van der Waals surface area (Å²) in [4.78, 5) is 0. The minimum Gasteiger partial charge on any atom is -0.328 e. The summed E-state index contributed by atoms with van der Waals surface area (Å²) in [7, 11) is 0. The number of hydrogen-bond acceptors (Lipinski definition) is 1. The van der Waals surface area contributed by atoms with Gasteiger partial charge in [0.15, 0.2) is 0 Å². The average Bonchev–Trinajstić information content (AvgIpc) is 1.83. The molecule has 0 aromatic carbocycles. The highest BCUT2D eigenvalue weighted by atomic mass is 14.6. The normalized spacial score (nSPS) is 17.3. The lowest BCUT2D eigenvalue weighted by atomic mass is 10.0. The molecule has 2 unspecified atom stereocenters. The highest BCUT2D eigenvalue weighted by Crippen LogP contribution is 2.09. The molecule has 0 aliphatic rings. The number of rotatable bonds is 4. The fraction of sp³-hybridized carbons (Fsp3) is 0.875. The molecule has 0 rings (SSSR count). The lowest BCUT2D eigenvalue weighted by molar-refractivity contribution is 0.479. The van der Waals surface area contributed by atoms with Gasteiger partial charge in [-0.15, -0.1) is 0 Å². The van der Waals surface area contributed by atoms with E-state index in [9.17, 15) is 0 Å². The SMILES string of the molecule is [CH2]C(N)CCC(C)CC. The van der Waals surface area contributed by atoms with Gasteiger partial charge in [0.05, 0.1) is 0 Å². The Morgan fingerprint density at radius 1 is 1.44 bits per heavy atom. The molecule has 0 aliphatic carbocycles. The van der Waals surface area contributed by atoms with E-state index in [0.717, 1.165) is 12.3 Å². The van der Waals surface area contributed by atoms with Crippen molar-refractivity contribution in [2.24, 2.45) is 11.7 Å². The fourth-order valence-corrected chi connectivity index (χ4v) is 0.703. The third-order valence-electron chi connectivity index (χ3n) is 1.73. The minimum absolute atomic E-state index is 0.138. The summed E-state index contributed by atoms with van der Waals surface area (Å²) in [6, 6.07) is 0.138. The third kappa shape index (κ3) is 5.84. The topological polar surface area (TPSA) is 26.0 Å². The van der Waals surface area contributed by atoms with Crippen molar-refractivity contribution in [2.45, 2.75) is 39.2 Å². The summed E-state index contributed by atoms with van der Waals surface area (Å²) in [6.07, 6.45) is 3.54. The van der Waals surface area contributed by atoms with Crippen LogP contribution in [0.1, 0.15) is 33.1 Å². The molecule has 9 heavy (non-hydrogen) atoms. The molecule has 2 N–H and O–H groups in total. The molecule has 0 aromatic heterocycles. The Morgan fingerprint density at radius 2 is 2.00 bits per heavy atom. The van der Waals surface area contributed by atoms with Crippen molar-refractivity contribution in [1.29, 1.82) is 0 Å². The highest BCUT2D eigenvalue weighted by molar-refractivity contribution is 4.64. The van der Waals surface area contributed by atoms with Crippen molar-refractivity contribution in [1.82, 2.24) is 0 Å². The summed E-state index contributed by atoms with van der Waals surface area (Å²) < 4.78 is 0. The van der Waals surface area contributed by atoms with Gasteiger partial charge < -0.3 is 5.73 Å². The average molecular weight is 128 g/mol. The van der Waals surface area contributed by atoms with Crippen LogP contribution in [-0.4, -0.2) is 6.04 Å². The molecule has 1 heteroatoms.